The van der Waals surface area contributed by atoms with Crippen molar-refractivity contribution in [2.24, 2.45) is 0 Å². The Morgan fingerprint density at radius 2 is 1.83 bits per heavy atom. The van der Waals surface area contributed by atoms with Crippen LogP contribution in [0.1, 0.15) is 10.4 Å². The molecule has 0 radical (unpaired) electrons. The van der Waals surface area contributed by atoms with Crippen LogP contribution in [0.25, 0.3) is 22.4 Å². The molecule has 30 heavy (non-hydrogen) atoms. The van der Waals surface area contributed by atoms with E-state index in [1.54, 1.807) is 48.5 Å². The zero-order valence-corrected chi connectivity index (χ0v) is 16.9. The van der Waals surface area contributed by atoms with Gasteiger partial charge in [0.2, 0.25) is 5.69 Å². The van der Waals surface area contributed by atoms with E-state index in [1.165, 1.54) is 12.1 Å². The number of carbonyl (C=O) groups is 1. The third kappa shape index (κ3) is 3.68. The number of hydrogen-bond donors (Lipinski definition) is 2. The number of nitrogens with zero attached hydrogens (tertiary/aromatic N) is 3. The lowest BCUT2D eigenvalue weighted by molar-refractivity contribution is -0.349. The maximum atomic E-state index is 12.4. The molecule has 4 rings (SSSR count). The van der Waals surface area contributed by atoms with E-state index >= 15 is 0 Å². The highest BCUT2D eigenvalue weighted by molar-refractivity contribution is 6.37. The molecular weight excluding hydrogens is 427 g/mol. The van der Waals surface area contributed by atoms with Gasteiger partial charge in [0.25, 0.3) is 5.91 Å². The Morgan fingerprint density at radius 1 is 1.10 bits per heavy atom. The van der Waals surface area contributed by atoms with Crippen molar-refractivity contribution in [1.82, 2.24) is 9.71 Å². The SMILES string of the molecule is C=[N+]([O-])c1ccc2nc(-c3ccc(NC(=O)c4ccc(Cl)cc4Cl)cc3)n(O)c2c1. The number of benzene rings is 3. The van der Waals surface area contributed by atoms with Crippen LogP contribution in [0.4, 0.5) is 11.4 Å². The fourth-order valence-corrected chi connectivity index (χ4v) is 3.46. The topological polar surface area (TPSA) is 93.2 Å². The molecule has 0 unspecified atom stereocenters. The van der Waals surface area contributed by atoms with E-state index in [0.29, 0.717) is 49.1 Å². The fourth-order valence-electron chi connectivity index (χ4n) is 2.97. The average Bonchev–Trinajstić information content (AvgIpc) is 3.04. The van der Waals surface area contributed by atoms with E-state index in [0.717, 1.165) is 4.73 Å². The molecule has 4 aromatic rings. The second kappa shape index (κ2) is 7.70. The molecule has 1 heterocycles. The van der Waals surface area contributed by atoms with Gasteiger partial charge in [-0.05, 0) is 48.5 Å². The van der Waals surface area contributed by atoms with Crippen LogP contribution in [0, 0.1) is 5.21 Å². The van der Waals surface area contributed by atoms with Crippen molar-refractivity contribution in [3.05, 3.63) is 81.5 Å². The molecule has 0 aliphatic heterocycles. The lowest BCUT2D eigenvalue weighted by Crippen LogP contribution is -2.12. The summed E-state index contributed by atoms with van der Waals surface area (Å²) >= 11 is 11.9. The first-order chi connectivity index (χ1) is 14.3. The van der Waals surface area contributed by atoms with E-state index in [-0.39, 0.29) is 10.9 Å². The van der Waals surface area contributed by atoms with Crippen LogP contribution in [-0.2, 0) is 0 Å². The van der Waals surface area contributed by atoms with E-state index in [2.05, 4.69) is 17.0 Å². The van der Waals surface area contributed by atoms with Crippen molar-refractivity contribution in [2.45, 2.75) is 0 Å². The summed E-state index contributed by atoms with van der Waals surface area (Å²) in [5.74, 6) is -0.0797. The number of anilines is 1. The number of fused-ring (bicyclic) bond motifs is 1. The Kier molecular flexibility index (Phi) is 5.07. The first-order valence-electron chi connectivity index (χ1n) is 8.70. The lowest BCUT2D eigenvalue weighted by Gasteiger charge is -2.08. The van der Waals surface area contributed by atoms with Gasteiger partial charge in [-0.2, -0.15) is 9.47 Å². The molecule has 0 saturated carbocycles. The van der Waals surface area contributed by atoms with E-state index in [1.807, 2.05) is 0 Å². The minimum Gasteiger partial charge on any atom is -0.619 e. The molecule has 7 nitrogen and oxygen atoms in total. The summed E-state index contributed by atoms with van der Waals surface area (Å²) in [6, 6.07) is 16.1. The summed E-state index contributed by atoms with van der Waals surface area (Å²) in [7, 11) is 0. The van der Waals surface area contributed by atoms with Gasteiger partial charge in [0, 0.05) is 28.4 Å². The number of nitrogens with one attached hydrogen (secondary N) is 1. The van der Waals surface area contributed by atoms with Crippen LogP contribution < -0.4 is 5.32 Å². The Bertz CT molecular complexity index is 1300. The second-order valence-corrected chi connectivity index (χ2v) is 7.30. The maximum Gasteiger partial charge on any atom is 0.257 e. The molecule has 1 aromatic heterocycles. The summed E-state index contributed by atoms with van der Waals surface area (Å²) < 4.78 is 1.36. The van der Waals surface area contributed by atoms with Gasteiger partial charge in [0.15, 0.2) is 5.82 Å². The molecule has 0 saturated heterocycles. The van der Waals surface area contributed by atoms with Crippen molar-refractivity contribution in [3.8, 4) is 11.4 Å². The van der Waals surface area contributed by atoms with E-state index < -0.39 is 0 Å². The molecule has 2 N–H and O–H groups in total. The van der Waals surface area contributed by atoms with Gasteiger partial charge in [0.1, 0.15) is 12.2 Å². The van der Waals surface area contributed by atoms with Gasteiger partial charge in [-0.15, -0.1) is 0 Å². The van der Waals surface area contributed by atoms with Gasteiger partial charge in [-0.3, -0.25) is 4.79 Å². The normalized spacial score (nSPS) is 10.9. The summed E-state index contributed by atoms with van der Waals surface area (Å²) in [5.41, 5.74) is 2.65. The predicted octanol–water partition coefficient (Wildman–Crippen LogP) is 5.34. The first kappa shape index (κ1) is 19.8. The highest BCUT2D eigenvalue weighted by Gasteiger charge is 2.15. The number of carbonyl (C=O) groups excluding carboxylic acids is 1. The van der Waals surface area contributed by atoms with Crippen LogP contribution in [0.5, 0.6) is 0 Å². The Morgan fingerprint density at radius 3 is 2.50 bits per heavy atom. The maximum absolute atomic E-state index is 12.4. The smallest absolute Gasteiger partial charge is 0.257 e. The van der Waals surface area contributed by atoms with Gasteiger partial charge in [0.05, 0.1) is 16.1 Å². The molecule has 0 fully saturated rings. The van der Waals surface area contributed by atoms with Crippen molar-refractivity contribution in [1.29, 1.82) is 0 Å². The van der Waals surface area contributed by atoms with E-state index in [4.69, 9.17) is 23.2 Å². The number of hydrogen-bond acceptors (Lipinski definition) is 4. The van der Waals surface area contributed by atoms with Gasteiger partial charge in [-0.1, -0.05) is 23.2 Å². The molecule has 1 amide bonds. The zero-order chi connectivity index (χ0) is 21.4. The van der Waals surface area contributed by atoms with Crippen LogP contribution in [0.2, 0.25) is 10.0 Å². The standard InChI is InChI=1S/C21H14Cl2N4O3/c1-26(29)15-7-9-18-19(11-15)27(30)20(25-18)12-2-5-14(6-3-12)24-21(28)16-8-4-13(22)10-17(16)23/h2-11,30H,1H2,(H,24,28). The predicted molar refractivity (Wildman–Crippen MR) is 117 cm³/mol. The number of amides is 1. The molecule has 9 heteroatoms. The third-order valence-electron chi connectivity index (χ3n) is 4.48. The average molecular weight is 441 g/mol. The monoisotopic (exact) mass is 440 g/mol. The molecule has 0 bridgehead atoms. The number of rotatable bonds is 4. The quantitative estimate of drug-likeness (QED) is 0.147. The summed E-state index contributed by atoms with van der Waals surface area (Å²) in [6.07, 6.45) is 0. The van der Waals surface area contributed by atoms with Gasteiger partial charge < -0.3 is 15.7 Å². The molecule has 150 valence electrons. The van der Waals surface area contributed by atoms with Crippen LogP contribution >= 0.6 is 23.2 Å². The van der Waals surface area contributed by atoms with Crippen LogP contribution in [0.3, 0.4) is 0 Å². The highest BCUT2D eigenvalue weighted by atomic mass is 35.5. The summed E-state index contributed by atoms with van der Waals surface area (Å²) in [5, 5.41) is 25.3. The largest absolute Gasteiger partial charge is 0.619 e. The fraction of sp³-hybridized carbons (Fsp3) is 0. The van der Waals surface area contributed by atoms with E-state index in [9.17, 15) is 15.2 Å². The highest BCUT2D eigenvalue weighted by Crippen LogP contribution is 2.27. The van der Waals surface area contributed by atoms with Crippen LogP contribution in [-0.4, -0.2) is 32.3 Å². The number of halogens is 2. The summed E-state index contributed by atoms with van der Waals surface area (Å²) in [4.78, 5) is 16.8. The molecule has 0 atom stereocenters. The first-order valence-corrected chi connectivity index (χ1v) is 9.45. The second-order valence-electron chi connectivity index (χ2n) is 6.45. The van der Waals surface area contributed by atoms with Crippen LogP contribution in [0.15, 0.2) is 60.7 Å². The molecule has 0 spiro atoms. The molecule has 3 aromatic carbocycles. The number of aromatic nitrogens is 2. The van der Waals surface area contributed by atoms with Gasteiger partial charge >= 0.3 is 0 Å². The van der Waals surface area contributed by atoms with Crippen molar-refractivity contribution in [3.63, 3.8) is 0 Å². The third-order valence-corrected chi connectivity index (χ3v) is 5.03. The molecular formula is C21H14Cl2N4O3. The Labute approximate surface area is 181 Å². The Balaban J connectivity index is 1.60. The minimum absolute atomic E-state index is 0.254. The van der Waals surface area contributed by atoms with Crippen molar-refractivity contribution < 1.29 is 14.7 Å². The van der Waals surface area contributed by atoms with Crippen molar-refractivity contribution >= 4 is 58.2 Å². The van der Waals surface area contributed by atoms with Crippen molar-refractivity contribution in [2.75, 3.05) is 5.32 Å². The van der Waals surface area contributed by atoms with Gasteiger partial charge in [-0.25, -0.2) is 4.98 Å². The summed E-state index contributed by atoms with van der Waals surface area (Å²) in [6.45, 7) is 3.29. The lowest BCUT2D eigenvalue weighted by atomic mass is 10.1. The minimum atomic E-state index is -0.373. The zero-order valence-electron chi connectivity index (χ0n) is 15.3. The molecule has 0 aliphatic carbocycles. The Hall–Kier alpha value is -3.55. The number of imidazole rings is 1. The molecule has 0 aliphatic rings.